The minimum absolute atomic E-state index is 0.467. The van der Waals surface area contributed by atoms with Crippen LogP contribution in [0.25, 0.3) is 10.8 Å². The van der Waals surface area contributed by atoms with Crippen LogP contribution in [0.2, 0.25) is 0 Å². The van der Waals surface area contributed by atoms with Gasteiger partial charge in [-0.15, -0.1) is 0 Å². The van der Waals surface area contributed by atoms with Gasteiger partial charge in [-0.2, -0.15) is 0 Å². The molecule has 0 N–H and O–H groups in total. The van der Waals surface area contributed by atoms with E-state index in [-0.39, 0.29) is 0 Å². The third-order valence-electron chi connectivity index (χ3n) is 3.08. The Kier molecular flexibility index (Phi) is 4.95. The molecule has 0 atom stereocenters. The molecule has 0 amide bonds. The lowest BCUT2D eigenvalue weighted by Crippen LogP contribution is -2.02. The lowest BCUT2D eigenvalue weighted by molar-refractivity contribution is -0.128. The Morgan fingerprint density at radius 1 is 1.09 bits per heavy atom. The molecule has 0 aliphatic rings. The van der Waals surface area contributed by atoms with Gasteiger partial charge in [-0.1, -0.05) is 49.3 Å². The Balaban J connectivity index is 2.32. The third-order valence-corrected chi connectivity index (χ3v) is 3.08. The van der Waals surface area contributed by atoms with Gasteiger partial charge in [-0.25, -0.2) is 4.79 Å². The number of hydrogen-bond acceptors (Lipinski definition) is 2. The molecule has 108 valence electrons. The Bertz CT molecular complexity index is 830. The maximum atomic E-state index is 11.2. The van der Waals surface area contributed by atoms with E-state index in [4.69, 9.17) is 4.74 Å². The number of hydrogen-bond donors (Lipinski definition) is 0. The van der Waals surface area contributed by atoms with Crippen LogP contribution in [0, 0.1) is 11.8 Å². The Labute approximate surface area is 130 Å². The first-order valence-electron chi connectivity index (χ1n) is 6.85. The molecule has 2 heteroatoms. The molecule has 2 rings (SSSR count). The molecule has 0 aliphatic heterocycles. The highest BCUT2D eigenvalue weighted by Crippen LogP contribution is 2.22. The van der Waals surface area contributed by atoms with Crippen molar-refractivity contribution in [1.29, 1.82) is 0 Å². The van der Waals surface area contributed by atoms with Crippen molar-refractivity contribution in [3.8, 4) is 17.6 Å². The van der Waals surface area contributed by atoms with Crippen molar-refractivity contribution in [2.75, 3.05) is 0 Å². The first-order valence-corrected chi connectivity index (χ1v) is 6.85. The number of fused-ring (bicyclic) bond motifs is 1. The van der Waals surface area contributed by atoms with Crippen LogP contribution in [-0.4, -0.2) is 5.97 Å². The molecule has 0 aliphatic carbocycles. The summed E-state index contributed by atoms with van der Waals surface area (Å²) in [5.41, 5.74) is 1.82. The molecule has 0 heterocycles. The SMILES string of the molecule is C=CC(=O)Oc1ccc2cc(C#C/C(C=C)=C/C)ccc2c1. The molecule has 0 aromatic heterocycles. The molecule has 0 saturated heterocycles. The highest BCUT2D eigenvalue weighted by molar-refractivity contribution is 5.87. The van der Waals surface area contributed by atoms with Gasteiger partial charge in [0.25, 0.3) is 0 Å². The second-order valence-corrected chi connectivity index (χ2v) is 4.55. The van der Waals surface area contributed by atoms with Gasteiger partial charge in [0.1, 0.15) is 5.75 Å². The zero-order valence-corrected chi connectivity index (χ0v) is 12.4. The summed E-state index contributed by atoms with van der Waals surface area (Å²) in [6.07, 6.45) is 4.79. The van der Waals surface area contributed by atoms with Crippen molar-refractivity contribution in [2.24, 2.45) is 0 Å². The first kappa shape index (κ1) is 15.3. The Hall–Kier alpha value is -3.05. The molecule has 2 aromatic rings. The van der Waals surface area contributed by atoms with Crippen LogP contribution in [0.5, 0.6) is 5.75 Å². The van der Waals surface area contributed by atoms with Crippen molar-refractivity contribution in [3.63, 3.8) is 0 Å². The maximum absolute atomic E-state index is 11.2. The van der Waals surface area contributed by atoms with E-state index in [1.165, 1.54) is 0 Å². The van der Waals surface area contributed by atoms with Gasteiger partial charge in [-0.05, 0) is 42.0 Å². The molecule has 22 heavy (non-hydrogen) atoms. The van der Waals surface area contributed by atoms with E-state index >= 15 is 0 Å². The minimum Gasteiger partial charge on any atom is -0.423 e. The lowest BCUT2D eigenvalue weighted by atomic mass is 10.1. The Morgan fingerprint density at radius 3 is 2.50 bits per heavy atom. The topological polar surface area (TPSA) is 26.3 Å². The number of carbonyl (C=O) groups excluding carboxylic acids is 1. The molecule has 0 spiro atoms. The summed E-state index contributed by atoms with van der Waals surface area (Å²) in [5.74, 6) is 6.20. The zero-order chi connectivity index (χ0) is 15.9. The number of allylic oxidation sites excluding steroid dienone is 3. The van der Waals surface area contributed by atoms with Crippen molar-refractivity contribution < 1.29 is 9.53 Å². The first-order chi connectivity index (χ1) is 10.7. The minimum atomic E-state index is -0.467. The summed E-state index contributed by atoms with van der Waals surface area (Å²) < 4.78 is 5.11. The van der Waals surface area contributed by atoms with Crippen LogP contribution in [0.4, 0.5) is 0 Å². The van der Waals surface area contributed by atoms with Gasteiger partial charge in [0.05, 0.1) is 0 Å². The number of esters is 1. The number of carbonyl (C=O) groups is 1. The van der Waals surface area contributed by atoms with E-state index in [2.05, 4.69) is 25.0 Å². The smallest absolute Gasteiger partial charge is 0.335 e. The quantitative estimate of drug-likeness (QED) is 0.275. The van der Waals surface area contributed by atoms with Crippen molar-refractivity contribution in [1.82, 2.24) is 0 Å². The van der Waals surface area contributed by atoms with Crippen LogP contribution in [0.15, 0.2) is 73.4 Å². The fourth-order valence-electron chi connectivity index (χ4n) is 1.91. The van der Waals surface area contributed by atoms with Gasteiger partial charge in [0.2, 0.25) is 0 Å². The highest BCUT2D eigenvalue weighted by atomic mass is 16.5. The van der Waals surface area contributed by atoms with Gasteiger partial charge < -0.3 is 4.74 Å². The molecule has 2 aromatic carbocycles. The molecule has 0 unspecified atom stereocenters. The number of rotatable bonds is 3. The predicted molar refractivity (Wildman–Crippen MR) is 90.6 cm³/mol. The monoisotopic (exact) mass is 288 g/mol. The highest BCUT2D eigenvalue weighted by Gasteiger charge is 2.02. The van der Waals surface area contributed by atoms with Gasteiger partial charge in [0.15, 0.2) is 0 Å². The number of benzene rings is 2. The van der Waals surface area contributed by atoms with Crippen LogP contribution in [0.3, 0.4) is 0 Å². The van der Waals surface area contributed by atoms with E-state index < -0.39 is 5.97 Å². The summed E-state index contributed by atoms with van der Waals surface area (Å²) in [7, 11) is 0. The normalized spacial score (nSPS) is 10.5. The van der Waals surface area contributed by atoms with Crippen LogP contribution >= 0.6 is 0 Å². The lowest BCUT2D eigenvalue weighted by Gasteiger charge is -2.04. The fraction of sp³-hybridized carbons (Fsp3) is 0.0500. The maximum Gasteiger partial charge on any atom is 0.335 e. The largest absolute Gasteiger partial charge is 0.423 e. The van der Waals surface area contributed by atoms with E-state index in [0.29, 0.717) is 5.75 Å². The second kappa shape index (κ2) is 7.10. The molecule has 0 saturated carbocycles. The predicted octanol–water partition coefficient (Wildman–Crippen LogP) is 4.42. The molecular formula is C20H16O2. The van der Waals surface area contributed by atoms with E-state index in [1.54, 1.807) is 12.1 Å². The van der Waals surface area contributed by atoms with Crippen molar-refractivity contribution in [3.05, 3.63) is 78.9 Å². The van der Waals surface area contributed by atoms with Crippen LogP contribution in [-0.2, 0) is 4.79 Å². The second-order valence-electron chi connectivity index (χ2n) is 4.55. The van der Waals surface area contributed by atoms with Gasteiger partial charge in [-0.3, -0.25) is 0 Å². The van der Waals surface area contributed by atoms with E-state index in [9.17, 15) is 4.79 Å². The summed E-state index contributed by atoms with van der Waals surface area (Å²) in [6.45, 7) is 9.02. The summed E-state index contributed by atoms with van der Waals surface area (Å²) in [4.78, 5) is 11.2. The fourth-order valence-corrected chi connectivity index (χ4v) is 1.91. The summed E-state index contributed by atoms with van der Waals surface area (Å²) >= 11 is 0. The standard InChI is InChI=1S/C20H16O2/c1-4-15(5-2)7-8-16-9-10-18-14-19(22-20(21)6-3)12-11-17(18)13-16/h4-6,9-14H,1,3H2,2H3/b15-5+. The number of ether oxygens (including phenoxy) is 1. The molecule has 0 radical (unpaired) electrons. The molecule has 2 nitrogen and oxygen atoms in total. The van der Waals surface area contributed by atoms with Crippen molar-refractivity contribution >= 4 is 16.7 Å². The van der Waals surface area contributed by atoms with E-state index in [0.717, 1.165) is 28.0 Å². The third kappa shape index (κ3) is 3.74. The van der Waals surface area contributed by atoms with E-state index in [1.807, 2.05) is 43.3 Å². The van der Waals surface area contributed by atoms with Gasteiger partial charge in [0, 0.05) is 17.2 Å². The summed E-state index contributed by atoms with van der Waals surface area (Å²) in [5, 5.41) is 2.01. The van der Waals surface area contributed by atoms with Crippen LogP contribution in [0.1, 0.15) is 12.5 Å². The molecule has 0 fully saturated rings. The molecular weight excluding hydrogens is 272 g/mol. The summed E-state index contributed by atoms with van der Waals surface area (Å²) in [6, 6.07) is 11.4. The van der Waals surface area contributed by atoms with Gasteiger partial charge >= 0.3 is 5.97 Å². The zero-order valence-electron chi connectivity index (χ0n) is 12.4. The average Bonchev–Trinajstić information content (AvgIpc) is 2.55. The van der Waals surface area contributed by atoms with Crippen molar-refractivity contribution in [2.45, 2.75) is 6.92 Å². The van der Waals surface area contributed by atoms with Crippen LogP contribution < -0.4 is 4.74 Å². The molecule has 0 bridgehead atoms. The average molecular weight is 288 g/mol. The Morgan fingerprint density at radius 2 is 1.82 bits per heavy atom.